The van der Waals surface area contributed by atoms with E-state index in [1.165, 1.54) is 12.8 Å². The normalized spacial score (nSPS) is 21.3. The molecule has 2 amide bonds. The van der Waals surface area contributed by atoms with Crippen LogP contribution in [0.5, 0.6) is 11.5 Å². The standard InChI is InChI=1S/C23H34N2O4/c1-4-14-24-21(26)16-25(18-10-8-6-7-9-11-18)23(27)22(24)17-12-13-19(29-5-2)20(15-17)28-3/h12-13,15,18,22H,4-11,14,16H2,1-3H3/t22-/m1/s1. The van der Waals surface area contributed by atoms with Gasteiger partial charge in [0.05, 0.1) is 13.7 Å². The van der Waals surface area contributed by atoms with Crippen molar-refractivity contribution in [2.45, 2.75) is 70.9 Å². The summed E-state index contributed by atoms with van der Waals surface area (Å²) in [5, 5.41) is 0. The number of carbonyl (C=O) groups excluding carboxylic acids is 2. The highest BCUT2D eigenvalue weighted by Gasteiger charge is 2.42. The van der Waals surface area contributed by atoms with Gasteiger partial charge in [-0.2, -0.15) is 0 Å². The van der Waals surface area contributed by atoms with Crippen LogP contribution in [0.1, 0.15) is 70.4 Å². The summed E-state index contributed by atoms with van der Waals surface area (Å²) >= 11 is 0. The highest BCUT2D eigenvalue weighted by Crippen LogP contribution is 2.36. The molecule has 1 atom stereocenters. The zero-order chi connectivity index (χ0) is 20.8. The van der Waals surface area contributed by atoms with E-state index < -0.39 is 6.04 Å². The van der Waals surface area contributed by atoms with Gasteiger partial charge in [-0.05, 0) is 43.9 Å². The first-order valence-electron chi connectivity index (χ1n) is 11.0. The first-order valence-corrected chi connectivity index (χ1v) is 11.0. The summed E-state index contributed by atoms with van der Waals surface area (Å²) in [4.78, 5) is 30.3. The lowest BCUT2D eigenvalue weighted by molar-refractivity contribution is -0.159. The van der Waals surface area contributed by atoms with E-state index in [-0.39, 0.29) is 24.4 Å². The monoisotopic (exact) mass is 402 g/mol. The number of hydrogen-bond donors (Lipinski definition) is 0. The molecule has 1 aromatic carbocycles. The van der Waals surface area contributed by atoms with Crippen molar-refractivity contribution in [1.82, 2.24) is 9.80 Å². The van der Waals surface area contributed by atoms with E-state index in [0.29, 0.717) is 24.7 Å². The third kappa shape index (κ3) is 4.68. The molecule has 1 aliphatic carbocycles. The SMILES string of the molecule is CCCN1C(=O)CN(C2CCCCCC2)C(=O)[C@H]1c1ccc(OCC)c(OC)c1. The predicted molar refractivity (Wildman–Crippen MR) is 112 cm³/mol. The van der Waals surface area contributed by atoms with Crippen LogP contribution in [0, 0.1) is 0 Å². The Morgan fingerprint density at radius 1 is 1.03 bits per heavy atom. The summed E-state index contributed by atoms with van der Waals surface area (Å²) < 4.78 is 11.1. The molecule has 1 saturated heterocycles. The maximum atomic E-state index is 13.6. The van der Waals surface area contributed by atoms with Crippen molar-refractivity contribution in [2.75, 3.05) is 26.8 Å². The Labute approximate surface area is 174 Å². The highest BCUT2D eigenvalue weighted by atomic mass is 16.5. The number of carbonyl (C=O) groups is 2. The van der Waals surface area contributed by atoms with Gasteiger partial charge in [0, 0.05) is 12.6 Å². The fourth-order valence-electron chi connectivity index (χ4n) is 4.57. The minimum absolute atomic E-state index is 0.0357. The summed E-state index contributed by atoms with van der Waals surface area (Å²) in [5.41, 5.74) is 0.787. The van der Waals surface area contributed by atoms with Gasteiger partial charge in [-0.15, -0.1) is 0 Å². The van der Waals surface area contributed by atoms with Gasteiger partial charge in [0.2, 0.25) is 5.91 Å². The lowest BCUT2D eigenvalue weighted by atomic mass is 9.97. The Kier molecular flexibility index (Phi) is 7.40. The van der Waals surface area contributed by atoms with Crippen LogP contribution in [0.15, 0.2) is 18.2 Å². The van der Waals surface area contributed by atoms with E-state index in [2.05, 4.69) is 0 Å². The molecule has 0 spiro atoms. The molecule has 29 heavy (non-hydrogen) atoms. The molecule has 2 aliphatic rings. The minimum atomic E-state index is -0.593. The molecule has 1 aromatic rings. The Hall–Kier alpha value is -2.24. The lowest BCUT2D eigenvalue weighted by Crippen LogP contribution is -2.58. The maximum Gasteiger partial charge on any atom is 0.250 e. The second kappa shape index (κ2) is 9.99. The smallest absolute Gasteiger partial charge is 0.250 e. The molecular weight excluding hydrogens is 368 g/mol. The van der Waals surface area contributed by atoms with Crippen LogP contribution in [0.3, 0.4) is 0 Å². The summed E-state index contributed by atoms with van der Waals surface area (Å²) in [5.74, 6) is 1.31. The third-order valence-electron chi connectivity index (χ3n) is 5.99. The Morgan fingerprint density at radius 3 is 2.38 bits per heavy atom. The first-order chi connectivity index (χ1) is 14.1. The molecule has 1 saturated carbocycles. The molecule has 6 heteroatoms. The highest BCUT2D eigenvalue weighted by molar-refractivity contribution is 5.96. The molecule has 0 unspecified atom stereocenters. The van der Waals surface area contributed by atoms with Crippen molar-refractivity contribution in [3.05, 3.63) is 23.8 Å². The zero-order valence-electron chi connectivity index (χ0n) is 18.0. The van der Waals surface area contributed by atoms with Crippen molar-refractivity contribution in [1.29, 1.82) is 0 Å². The van der Waals surface area contributed by atoms with Gasteiger partial charge < -0.3 is 19.3 Å². The van der Waals surface area contributed by atoms with Crippen molar-refractivity contribution < 1.29 is 19.1 Å². The van der Waals surface area contributed by atoms with Gasteiger partial charge in [-0.1, -0.05) is 38.7 Å². The molecular formula is C23H34N2O4. The van der Waals surface area contributed by atoms with Crippen LogP contribution in [0.25, 0.3) is 0 Å². The zero-order valence-corrected chi connectivity index (χ0v) is 18.0. The Morgan fingerprint density at radius 2 is 1.76 bits per heavy atom. The molecule has 0 N–H and O–H groups in total. The molecule has 160 valence electrons. The van der Waals surface area contributed by atoms with Crippen LogP contribution in [0.4, 0.5) is 0 Å². The molecule has 0 bridgehead atoms. The molecule has 0 aromatic heterocycles. The predicted octanol–water partition coefficient (Wildman–Crippen LogP) is 3.94. The minimum Gasteiger partial charge on any atom is -0.493 e. The van der Waals surface area contributed by atoms with Gasteiger partial charge >= 0.3 is 0 Å². The van der Waals surface area contributed by atoms with Crippen molar-refractivity contribution in [3.8, 4) is 11.5 Å². The van der Waals surface area contributed by atoms with E-state index in [4.69, 9.17) is 9.47 Å². The lowest BCUT2D eigenvalue weighted by Gasteiger charge is -2.43. The molecule has 3 rings (SSSR count). The first kappa shape index (κ1) is 21.5. The van der Waals surface area contributed by atoms with Crippen LogP contribution < -0.4 is 9.47 Å². The fourth-order valence-corrected chi connectivity index (χ4v) is 4.57. The van der Waals surface area contributed by atoms with Gasteiger partial charge in [0.25, 0.3) is 5.91 Å². The summed E-state index contributed by atoms with van der Waals surface area (Å²) in [6, 6.07) is 5.15. The summed E-state index contributed by atoms with van der Waals surface area (Å²) in [7, 11) is 1.59. The topological polar surface area (TPSA) is 59.1 Å². The van der Waals surface area contributed by atoms with Crippen LogP contribution >= 0.6 is 0 Å². The number of amides is 2. The van der Waals surface area contributed by atoms with E-state index in [1.54, 1.807) is 12.0 Å². The Bertz CT molecular complexity index is 713. The van der Waals surface area contributed by atoms with E-state index >= 15 is 0 Å². The Balaban J connectivity index is 1.95. The van der Waals surface area contributed by atoms with Crippen molar-refractivity contribution >= 4 is 11.8 Å². The van der Waals surface area contributed by atoms with Crippen molar-refractivity contribution in [2.24, 2.45) is 0 Å². The number of nitrogens with zero attached hydrogens (tertiary/aromatic N) is 2. The molecule has 6 nitrogen and oxygen atoms in total. The number of benzene rings is 1. The van der Waals surface area contributed by atoms with Crippen LogP contribution in [0.2, 0.25) is 0 Å². The van der Waals surface area contributed by atoms with Crippen LogP contribution in [-0.2, 0) is 9.59 Å². The second-order valence-corrected chi connectivity index (χ2v) is 7.94. The molecule has 0 radical (unpaired) electrons. The van der Waals surface area contributed by atoms with Gasteiger partial charge in [0.15, 0.2) is 11.5 Å². The van der Waals surface area contributed by atoms with E-state index in [1.807, 2.05) is 36.9 Å². The molecule has 2 fully saturated rings. The summed E-state index contributed by atoms with van der Waals surface area (Å²) in [6.07, 6.45) is 7.49. The fraction of sp³-hybridized carbons (Fsp3) is 0.652. The maximum absolute atomic E-state index is 13.6. The van der Waals surface area contributed by atoms with Gasteiger partial charge in [-0.25, -0.2) is 0 Å². The number of ether oxygens (including phenoxy) is 2. The average Bonchev–Trinajstić information content (AvgIpc) is 3.01. The van der Waals surface area contributed by atoms with Crippen molar-refractivity contribution in [3.63, 3.8) is 0 Å². The van der Waals surface area contributed by atoms with Gasteiger partial charge in [-0.3, -0.25) is 9.59 Å². The molecule has 1 aliphatic heterocycles. The summed E-state index contributed by atoms with van der Waals surface area (Å²) in [6.45, 7) is 5.26. The van der Waals surface area contributed by atoms with E-state index in [0.717, 1.165) is 37.7 Å². The second-order valence-electron chi connectivity index (χ2n) is 7.94. The number of methoxy groups -OCH3 is 1. The largest absolute Gasteiger partial charge is 0.493 e. The van der Waals surface area contributed by atoms with Crippen LogP contribution in [-0.4, -0.2) is 54.5 Å². The van der Waals surface area contributed by atoms with E-state index in [9.17, 15) is 9.59 Å². The van der Waals surface area contributed by atoms with Gasteiger partial charge in [0.1, 0.15) is 12.6 Å². The molecule has 1 heterocycles. The number of hydrogen-bond acceptors (Lipinski definition) is 4. The third-order valence-corrected chi connectivity index (χ3v) is 5.99. The number of piperazine rings is 1. The average molecular weight is 403 g/mol. The quantitative estimate of drug-likeness (QED) is 0.648. The number of rotatable bonds is 7.